The summed E-state index contributed by atoms with van der Waals surface area (Å²) >= 11 is 0. The Hall–Kier alpha value is -1.85. The van der Waals surface area contributed by atoms with Crippen LogP contribution < -0.4 is 5.32 Å². The number of aliphatic imine (C=N–C) groups is 1. The van der Waals surface area contributed by atoms with Crippen molar-refractivity contribution in [1.82, 2.24) is 25.0 Å². The predicted molar refractivity (Wildman–Crippen MR) is 123 cm³/mol. The second-order valence-corrected chi connectivity index (χ2v) is 6.83. The molecule has 0 unspecified atom stereocenters. The van der Waals surface area contributed by atoms with Crippen LogP contribution in [0.5, 0.6) is 0 Å². The van der Waals surface area contributed by atoms with Gasteiger partial charge in [0.1, 0.15) is 12.2 Å². The Bertz CT molecular complexity index is 774. The van der Waals surface area contributed by atoms with E-state index in [4.69, 9.17) is 0 Å². The van der Waals surface area contributed by atoms with E-state index in [9.17, 15) is 13.2 Å². The summed E-state index contributed by atoms with van der Waals surface area (Å²) in [5.41, 5.74) is 0.150. The van der Waals surface area contributed by atoms with Crippen molar-refractivity contribution in [1.29, 1.82) is 0 Å². The standard InChI is InChI=1S/C20H29F3N6.HI/c1-4-6-11-24-19(25-12-13-29-15-26-27-18(29)5-2)28(3)14-16-7-9-17(10-8-16)20(21,22)23;/h7-10,15H,4-6,11-14H2,1-3H3,(H,24,25);1H. The SMILES string of the molecule is CCCCN=C(NCCn1cnnc1CC)N(C)Cc1ccc(C(F)(F)F)cc1.I. The van der Waals surface area contributed by atoms with Crippen LogP contribution in [0, 0.1) is 0 Å². The maximum Gasteiger partial charge on any atom is 0.416 e. The molecule has 10 heteroatoms. The van der Waals surface area contributed by atoms with E-state index in [1.165, 1.54) is 12.1 Å². The molecule has 0 aliphatic carbocycles. The summed E-state index contributed by atoms with van der Waals surface area (Å²) in [6, 6.07) is 5.24. The fourth-order valence-corrected chi connectivity index (χ4v) is 2.83. The third kappa shape index (κ3) is 8.11. The summed E-state index contributed by atoms with van der Waals surface area (Å²) in [7, 11) is 1.88. The minimum atomic E-state index is -4.32. The van der Waals surface area contributed by atoms with Gasteiger partial charge in [-0.15, -0.1) is 34.2 Å². The first-order chi connectivity index (χ1) is 13.8. The molecule has 1 N–H and O–H groups in total. The number of benzene rings is 1. The van der Waals surface area contributed by atoms with Crippen molar-refractivity contribution < 1.29 is 13.2 Å². The lowest BCUT2D eigenvalue weighted by Gasteiger charge is -2.23. The topological polar surface area (TPSA) is 58.3 Å². The van der Waals surface area contributed by atoms with E-state index in [1.807, 2.05) is 23.4 Å². The van der Waals surface area contributed by atoms with Gasteiger partial charge in [-0.1, -0.05) is 32.4 Å². The number of alkyl halides is 3. The Morgan fingerprint density at radius 3 is 2.50 bits per heavy atom. The third-order valence-corrected chi connectivity index (χ3v) is 4.48. The van der Waals surface area contributed by atoms with E-state index in [0.717, 1.165) is 48.7 Å². The van der Waals surface area contributed by atoms with Crippen molar-refractivity contribution in [2.45, 2.75) is 52.4 Å². The second kappa shape index (κ2) is 12.8. The summed E-state index contributed by atoms with van der Waals surface area (Å²) in [5, 5.41) is 11.3. The normalized spacial score (nSPS) is 11.9. The second-order valence-electron chi connectivity index (χ2n) is 6.83. The molecule has 1 aromatic carbocycles. The fraction of sp³-hybridized carbons (Fsp3) is 0.550. The molecule has 0 radical (unpaired) electrons. The van der Waals surface area contributed by atoms with Crippen molar-refractivity contribution in [2.75, 3.05) is 20.1 Å². The van der Waals surface area contributed by atoms with Gasteiger partial charge in [-0.3, -0.25) is 4.99 Å². The lowest BCUT2D eigenvalue weighted by atomic mass is 10.1. The van der Waals surface area contributed by atoms with E-state index >= 15 is 0 Å². The summed E-state index contributed by atoms with van der Waals surface area (Å²) in [5.74, 6) is 1.65. The number of guanidine groups is 1. The largest absolute Gasteiger partial charge is 0.416 e. The molecule has 0 atom stereocenters. The van der Waals surface area contributed by atoms with Crippen LogP contribution in [0.25, 0.3) is 0 Å². The first-order valence-electron chi connectivity index (χ1n) is 9.87. The Labute approximate surface area is 193 Å². The Kier molecular flexibility index (Phi) is 11.1. The fourth-order valence-electron chi connectivity index (χ4n) is 2.83. The number of nitrogens with one attached hydrogen (secondary N) is 1. The van der Waals surface area contributed by atoms with Gasteiger partial charge in [0, 0.05) is 39.6 Å². The molecule has 30 heavy (non-hydrogen) atoms. The molecule has 0 aliphatic heterocycles. The van der Waals surface area contributed by atoms with Crippen LogP contribution >= 0.6 is 24.0 Å². The van der Waals surface area contributed by atoms with Crippen LogP contribution in [0.2, 0.25) is 0 Å². The molecule has 2 aromatic rings. The van der Waals surface area contributed by atoms with Gasteiger partial charge < -0.3 is 14.8 Å². The van der Waals surface area contributed by atoms with Crippen LogP contribution in [-0.4, -0.2) is 45.8 Å². The molecule has 0 saturated heterocycles. The summed E-state index contributed by atoms with van der Waals surface area (Å²) < 4.78 is 40.2. The van der Waals surface area contributed by atoms with Crippen molar-refractivity contribution in [2.24, 2.45) is 4.99 Å². The number of nitrogens with zero attached hydrogens (tertiary/aromatic N) is 5. The Morgan fingerprint density at radius 2 is 1.90 bits per heavy atom. The van der Waals surface area contributed by atoms with E-state index < -0.39 is 11.7 Å². The molecule has 0 bridgehead atoms. The highest BCUT2D eigenvalue weighted by Gasteiger charge is 2.29. The molecule has 0 fully saturated rings. The van der Waals surface area contributed by atoms with Crippen molar-refractivity contribution in [3.63, 3.8) is 0 Å². The van der Waals surface area contributed by atoms with Gasteiger partial charge in [0.15, 0.2) is 5.96 Å². The minimum absolute atomic E-state index is 0. The molecule has 1 heterocycles. The third-order valence-electron chi connectivity index (χ3n) is 4.48. The minimum Gasteiger partial charge on any atom is -0.354 e. The van der Waals surface area contributed by atoms with Gasteiger partial charge in [0.05, 0.1) is 5.56 Å². The average molecular weight is 538 g/mol. The van der Waals surface area contributed by atoms with Gasteiger partial charge in [-0.2, -0.15) is 13.2 Å². The van der Waals surface area contributed by atoms with Crippen molar-refractivity contribution in [3.8, 4) is 0 Å². The molecule has 0 aliphatic rings. The maximum atomic E-state index is 12.7. The van der Waals surface area contributed by atoms with E-state index in [-0.39, 0.29) is 24.0 Å². The quantitative estimate of drug-likeness (QED) is 0.223. The first-order valence-corrected chi connectivity index (χ1v) is 9.87. The monoisotopic (exact) mass is 538 g/mol. The molecular weight excluding hydrogens is 508 g/mol. The number of unbranched alkanes of at least 4 members (excludes halogenated alkanes) is 1. The number of halogens is 4. The van der Waals surface area contributed by atoms with Gasteiger partial charge in [0.2, 0.25) is 0 Å². The molecule has 6 nitrogen and oxygen atoms in total. The highest BCUT2D eigenvalue weighted by atomic mass is 127. The van der Waals surface area contributed by atoms with Crippen molar-refractivity contribution >= 4 is 29.9 Å². The average Bonchev–Trinajstić information content (AvgIpc) is 3.14. The van der Waals surface area contributed by atoms with E-state index in [1.54, 1.807) is 6.33 Å². The van der Waals surface area contributed by atoms with Crippen LogP contribution in [0.1, 0.15) is 43.6 Å². The molecule has 168 valence electrons. The van der Waals surface area contributed by atoms with Crippen LogP contribution in [0.15, 0.2) is 35.6 Å². The van der Waals surface area contributed by atoms with Gasteiger partial charge >= 0.3 is 6.18 Å². The number of aryl methyl sites for hydroxylation is 1. The molecule has 1 aromatic heterocycles. The number of rotatable bonds is 9. The first kappa shape index (κ1) is 26.2. The zero-order valence-corrected chi connectivity index (χ0v) is 19.9. The van der Waals surface area contributed by atoms with Gasteiger partial charge in [-0.25, -0.2) is 0 Å². The van der Waals surface area contributed by atoms with Gasteiger partial charge in [-0.05, 0) is 24.1 Å². The molecule has 0 spiro atoms. The Balaban J connectivity index is 0.00000450. The molecule has 2 rings (SSSR count). The number of hydrogen-bond acceptors (Lipinski definition) is 3. The zero-order valence-electron chi connectivity index (χ0n) is 17.6. The maximum absolute atomic E-state index is 12.7. The smallest absolute Gasteiger partial charge is 0.354 e. The van der Waals surface area contributed by atoms with E-state index in [2.05, 4.69) is 27.4 Å². The lowest BCUT2D eigenvalue weighted by Crippen LogP contribution is -2.40. The summed E-state index contributed by atoms with van der Waals surface area (Å²) in [6.07, 6.45) is 0.217. The summed E-state index contributed by atoms with van der Waals surface area (Å²) in [4.78, 5) is 6.56. The van der Waals surface area contributed by atoms with Crippen molar-refractivity contribution in [3.05, 3.63) is 47.5 Å². The van der Waals surface area contributed by atoms with Crippen LogP contribution in [0.4, 0.5) is 13.2 Å². The van der Waals surface area contributed by atoms with Crippen LogP contribution in [-0.2, 0) is 25.7 Å². The highest BCUT2D eigenvalue weighted by Crippen LogP contribution is 2.29. The van der Waals surface area contributed by atoms with Gasteiger partial charge in [0.25, 0.3) is 0 Å². The van der Waals surface area contributed by atoms with Crippen LogP contribution in [0.3, 0.4) is 0 Å². The molecule has 0 amide bonds. The number of hydrogen-bond donors (Lipinski definition) is 1. The Morgan fingerprint density at radius 1 is 1.20 bits per heavy atom. The lowest BCUT2D eigenvalue weighted by molar-refractivity contribution is -0.137. The predicted octanol–water partition coefficient (Wildman–Crippen LogP) is 4.36. The molecule has 0 saturated carbocycles. The van der Waals surface area contributed by atoms with E-state index in [0.29, 0.717) is 26.2 Å². The zero-order chi connectivity index (χ0) is 21.3. The summed E-state index contributed by atoms with van der Waals surface area (Å²) in [6.45, 7) is 6.65. The highest BCUT2D eigenvalue weighted by molar-refractivity contribution is 14.0. The molecular formula is C20H30F3IN6. The number of aromatic nitrogens is 3.